The summed E-state index contributed by atoms with van der Waals surface area (Å²) in [5.74, 6) is 0. The number of rotatable bonds is 1. The van der Waals surface area contributed by atoms with Gasteiger partial charge in [-0.2, -0.15) is 5.10 Å². The zero-order chi connectivity index (χ0) is 8.55. The molecule has 0 aliphatic rings. The van der Waals surface area contributed by atoms with Crippen molar-refractivity contribution >= 4 is 5.52 Å². The van der Waals surface area contributed by atoms with E-state index in [0.29, 0.717) is 0 Å². The summed E-state index contributed by atoms with van der Waals surface area (Å²) >= 11 is 0. The van der Waals surface area contributed by atoms with Crippen LogP contribution in [0.25, 0.3) is 5.52 Å². The minimum absolute atomic E-state index is 1.00. The molecule has 0 aliphatic heterocycles. The first kappa shape index (κ1) is 7.35. The lowest BCUT2D eigenvalue weighted by atomic mass is 10.3. The molecule has 0 N–H and O–H groups in total. The van der Waals surface area contributed by atoms with Crippen molar-refractivity contribution in [1.29, 1.82) is 0 Å². The molecule has 2 aromatic rings. The predicted octanol–water partition coefficient (Wildman–Crippen LogP) is 2.21. The Labute approximate surface area is 71.8 Å². The summed E-state index contributed by atoms with van der Waals surface area (Å²) in [6.07, 6.45) is 1.00. The number of aromatic nitrogens is 2. The smallest absolute Gasteiger partial charge is 0.0667 e. The molecule has 0 unspecified atom stereocenters. The van der Waals surface area contributed by atoms with E-state index < -0.39 is 0 Å². The SMILES string of the molecule is CCc1cc2cccc(C)n2n1. The van der Waals surface area contributed by atoms with E-state index in [2.05, 4.69) is 43.2 Å². The molecule has 0 fully saturated rings. The number of fused-ring (bicyclic) bond motifs is 1. The Balaban J connectivity index is 2.74. The normalized spacial score (nSPS) is 10.8. The van der Waals surface area contributed by atoms with Gasteiger partial charge in [0, 0.05) is 5.69 Å². The maximum atomic E-state index is 4.45. The van der Waals surface area contributed by atoms with Gasteiger partial charge in [-0.3, -0.25) is 0 Å². The molecule has 2 rings (SSSR count). The van der Waals surface area contributed by atoms with Gasteiger partial charge in [0.1, 0.15) is 0 Å². The van der Waals surface area contributed by atoms with Gasteiger partial charge in [0.25, 0.3) is 0 Å². The molecule has 2 nitrogen and oxygen atoms in total. The zero-order valence-corrected chi connectivity index (χ0v) is 7.41. The van der Waals surface area contributed by atoms with E-state index in [1.54, 1.807) is 0 Å². The molecule has 0 radical (unpaired) electrons. The van der Waals surface area contributed by atoms with Crippen LogP contribution in [0, 0.1) is 6.92 Å². The number of hydrogen-bond acceptors (Lipinski definition) is 1. The fraction of sp³-hybridized carbons (Fsp3) is 0.300. The molecule has 62 valence electrons. The fourth-order valence-corrected chi connectivity index (χ4v) is 1.38. The van der Waals surface area contributed by atoms with E-state index in [0.717, 1.165) is 12.1 Å². The summed E-state index contributed by atoms with van der Waals surface area (Å²) < 4.78 is 1.98. The lowest BCUT2D eigenvalue weighted by molar-refractivity contribution is 0.867. The van der Waals surface area contributed by atoms with Crippen molar-refractivity contribution in [3.8, 4) is 0 Å². The summed E-state index contributed by atoms with van der Waals surface area (Å²) in [4.78, 5) is 0. The van der Waals surface area contributed by atoms with Crippen LogP contribution >= 0.6 is 0 Å². The first-order valence-electron chi connectivity index (χ1n) is 4.25. The van der Waals surface area contributed by atoms with Crippen LogP contribution in [-0.4, -0.2) is 9.61 Å². The summed E-state index contributed by atoms with van der Waals surface area (Å²) in [6, 6.07) is 8.34. The maximum Gasteiger partial charge on any atom is 0.0667 e. The minimum Gasteiger partial charge on any atom is -0.238 e. The lowest BCUT2D eigenvalue weighted by Crippen LogP contribution is -1.92. The van der Waals surface area contributed by atoms with E-state index in [4.69, 9.17) is 0 Å². The van der Waals surface area contributed by atoms with Crippen LogP contribution < -0.4 is 0 Å². The summed E-state index contributed by atoms with van der Waals surface area (Å²) in [5.41, 5.74) is 3.53. The minimum atomic E-state index is 1.00. The average Bonchev–Trinajstić information content (AvgIpc) is 2.49. The molecule has 0 spiro atoms. The second-order valence-corrected chi connectivity index (χ2v) is 2.99. The summed E-state index contributed by atoms with van der Waals surface area (Å²) in [7, 11) is 0. The quantitative estimate of drug-likeness (QED) is 0.625. The lowest BCUT2D eigenvalue weighted by Gasteiger charge is -1.95. The topological polar surface area (TPSA) is 17.3 Å². The van der Waals surface area contributed by atoms with E-state index >= 15 is 0 Å². The van der Waals surface area contributed by atoms with Crippen LogP contribution in [0.3, 0.4) is 0 Å². The van der Waals surface area contributed by atoms with E-state index in [1.165, 1.54) is 11.2 Å². The third-order valence-electron chi connectivity index (χ3n) is 2.09. The highest BCUT2D eigenvalue weighted by atomic mass is 15.2. The third-order valence-corrected chi connectivity index (χ3v) is 2.09. The van der Waals surface area contributed by atoms with E-state index in [9.17, 15) is 0 Å². The molecule has 0 aliphatic carbocycles. The van der Waals surface area contributed by atoms with Crippen LogP contribution in [0.4, 0.5) is 0 Å². The Morgan fingerprint density at radius 1 is 1.42 bits per heavy atom. The molecule has 12 heavy (non-hydrogen) atoms. The molecular formula is C10H12N2. The van der Waals surface area contributed by atoms with Crippen molar-refractivity contribution in [2.24, 2.45) is 0 Å². The molecule has 0 amide bonds. The highest BCUT2D eigenvalue weighted by Gasteiger charge is 1.99. The van der Waals surface area contributed by atoms with Gasteiger partial charge in [0.15, 0.2) is 0 Å². The molecule has 2 heteroatoms. The molecule has 2 heterocycles. The van der Waals surface area contributed by atoms with Crippen molar-refractivity contribution in [1.82, 2.24) is 9.61 Å². The Hall–Kier alpha value is -1.31. The van der Waals surface area contributed by atoms with Gasteiger partial charge >= 0.3 is 0 Å². The van der Waals surface area contributed by atoms with Crippen molar-refractivity contribution in [3.05, 3.63) is 35.7 Å². The third kappa shape index (κ3) is 0.998. The van der Waals surface area contributed by atoms with Gasteiger partial charge in [0.05, 0.1) is 11.2 Å². The van der Waals surface area contributed by atoms with Gasteiger partial charge in [-0.15, -0.1) is 0 Å². The Morgan fingerprint density at radius 2 is 2.25 bits per heavy atom. The monoisotopic (exact) mass is 160 g/mol. The van der Waals surface area contributed by atoms with Crippen LogP contribution in [0.2, 0.25) is 0 Å². The van der Waals surface area contributed by atoms with Crippen LogP contribution in [0.5, 0.6) is 0 Å². The van der Waals surface area contributed by atoms with Gasteiger partial charge in [-0.25, -0.2) is 4.52 Å². The summed E-state index contributed by atoms with van der Waals surface area (Å²) in [6.45, 7) is 4.19. The second-order valence-electron chi connectivity index (χ2n) is 2.99. The van der Waals surface area contributed by atoms with E-state index in [1.807, 2.05) is 4.52 Å². The molecule has 0 saturated heterocycles. The Morgan fingerprint density at radius 3 is 2.92 bits per heavy atom. The standard InChI is InChI=1S/C10H12N2/c1-3-9-7-10-6-4-5-8(2)12(10)11-9/h4-7H,3H2,1-2H3. The molecular weight excluding hydrogens is 148 g/mol. The van der Waals surface area contributed by atoms with Crippen LogP contribution in [0.1, 0.15) is 18.3 Å². The fourth-order valence-electron chi connectivity index (χ4n) is 1.38. The highest BCUT2D eigenvalue weighted by Crippen LogP contribution is 2.08. The number of pyridine rings is 1. The molecule has 0 saturated carbocycles. The van der Waals surface area contributed by atoms with E-state index in [-0.39, 0.29) is 0 Å². The zero-order valence-electron chi connectivity index (χ0n) is 7.41. The van der Waals surface area contributed by atoms with Crippen molar-refractivity contribution in [3.63, 3.8) is 0 Å². The molecule has 2 aromatic heterocycles. The van der Waals surface area contributed by atoms with Crippen molar-refractivity contribution in [2.75, 3.05) is 0 Å². The first-order chi connectivity index (χ1) is 5.81. The largest absolute Gasteiger partial charge is 0.238 e. The first-order valence-corrected chi connectivity index (χ1v) is 4.25. The second kappa shape index (κ2) is 2.63. The Kier molecular flexibility index (Phi) is 1.61. The van der Waals surface area contributed by atoms with Crippen LogP contribution in [-0.2, 0) is 6.42 Å². The maximum absolute atomic E-state index is 4.45. The van der Waals surface area contributed by atoms with Crippen LogP contribution in [0.15, 0.2) is 24.3 Å². The number of nitrogens with zero attached hydrogens (tertiary/aromatic N) is 2. The molecule has 0 bridgehead atoms. The van der Waals surface area contributed by atoms with Gasteiger partial charge in [-0.05, 0) is 31.5 Å². The summed E-state index contributed by atoms with van der Waals surface area (Å²) in [5, 5.41) is 4.45. The van der Waals surface area contributed by atoms with Gasteiger partial charge < -0.3 is 0 Å². The van der Waals surface area contributed by atoms with Gasteiger partial charge in [0.2, 0.25) is 0 Å². The van der Waals surface area contributed by atoms with Crippen molar-refractivity contribution in [2.45, 2.75) is 20.3 Å². The molecule has 0 atom stereocenters. The Bertz CT molecular complexity index is 401. The number of aryl methyl sites for hydroxylation is 2. The van der Waals surface area contributed by atoms with Crippen molar-refractivity contribution < 1.29 is 0 Å². The molecule has 0 aromatic carbocycles. The average molecular weight is 160 g/mol. The van der Waals surface area contributed by atoms with Gasteiger partial charge in [-0.1, -0.05) is 13.0 Å². The number of hydrogen-bond donors (Lipinski definition) is 0. The predicted molar refractivity (Wildman–Crippen MR) is 49.3 cm³/mol. The highest BCUT2D eigenvalue weighted by molar-refractivity contribution is 5.48.